The smallest absolute Gasteiger partial charge is 0.239 e. The maximum Gasteiger partial charge on any atom is 0.239 e. The van der Waals surface area contributed by atoms with E-state index in [1.165, 1.54) is 0 Å². The minimum atomic E-state index is -0.186. The molecule has 1 aromatic heterocycles. The van der Waals surface area contributed by atoms with Gasteiger partial charge < -0.3 is 4.90 Å². The second-order valence-electron chi connectivity index (χ2n) is 4.96. The first-order valence-corrected chi connectivity index (χ1v) is 6.95. The van der Waals surface area contributed by atoms with Gasteiger partial charge in [0, 0.05) is 37.9 Å². The Morgan fingerprint density at radius 3 is 2.42 bits per heavy atom. The zero-order valence-electron chi connectivity index (χ0n) is 12.9. The second kappa shape index (κ2) is 6.70. The van der Waals surface area contributed by atoms with Gasteiger partial charge in [-0.3, -0.25) is 14.8 Å². The van der Waals surface area contributed by atoms with E-state index in [0.29, 0.717) is 0 Å². The molecule has 1 rings (SSSR count). The first-order valence-electron chi connectivity index (χ1n) is 6.95. The van der Waals surface area contributed by atoms with E-state index in [-0.39, 0.29) is 18.0 Å². The summed E-state index contributed by atoms with van der Waals surface area (Å²) < 4.78 is 1.81. The Morgan fingerprint density at radius 1 is 1.42 bits per heavy atom. The molecule has 0 bridgehead atoms. The van der Waals surface area contributed by atoms with Crippen molar-refractivity contribution in [2.24, 2.45) is 7.05 Å². The SMILES string of the molecule is CCN(CC)C(=O)C(C)NC(C)c1cn(C)nc1C. The van der Waals surface area contributed by atoms with Crippen molar-refractivity contribution in [3.8, 4) is 0 Å². The fourth-order valence-electron chi connectivity index (χ4n) is 2.39. The topological polar surface area (TPSA) is 50.2 Å². The number of hydrogen-bond donors (Lipinski definition) is 1. The van der Waals surface area contributed by atoms with Gasteiger partial charge in [0.05, 0.1) is 11.7 Å². The van der Waals surface area contributed by atoms with Crippen molar-refractivity contribution in [1.82, 2.24) is 20.0 Å². The molecular formula is C14H26N4O. The van der Waals surface area contributed by atoms with Crippen LogP contribution in [0, 0.1) is 6.92 Å². The van der Waals surface area contributed by atoms with Gasteiger partial charge in [0.2, 0.25) is 5.91 Å². The minimum Gasteiger partial charge on any atom is -0.342 e. The highest BCUT2D eigenvalue weighted by Crippen LogP contribution is 2.16. The Labute approximate surface area is 116 Å². The summed E-state index contributed by atoms with van der Waals surface area (Å²) in [5, 5.41) is 7.69. The van der Waals surface area contributed by atoms with Crippen LogP contribution < -0.4 is 5.32 Å². The van der Waals surface area contributed by atoms with E-state index in [4.69, 9.17) is 0 Å². The molecule has 0 fully saturated rings. The Morgan fingerprint density at radius 2 is 2.00 bits per heavy atom. The molecule has 1 heterocycles. The first kappa shape index (κ1) is 15.7. The summed E-state index contributed by atoms with van der Waals surface area (Å²) in [6.45, 7) is 11.5. The molecule has 19 heavy (non-hydrogen) atoms. The fourth-order valence-corrected chi connectivity index (χ4v) is 2.39. The number of rotatable bonds is 6. The average molecular weight is 266 g/mol. The first-order chi connectivity index (χ1) is 8.90. The number of nitrogens with zero attached hydrogens (tertiary/aromatic N) is 3. The van der Waals surface area contributed by atoms with Gasteiger partial charge in [-0.25, -0.2) is 0 Å². The van der Waals surface area contributed by atoms with Gasteiger partial charge >= 0.3 is 0 Å². The molecule has 0 saturated heterocycles. The number of aryl methyl sites for hydroxylation is 2. The van der Waals surface area contributed by atoms with E-state index in [1.54, 1.807) is 4.68 Å². The number of carbonyl (C=O) groups is 1. The lowest BCUT2D eigenvalue weighted by molar-refractivity contribution is -0.132. The van der Waals surface area contributed by atoms with E-state index in [9.17, 15) is 4.79 Å². The van der Waals surface area contributed by atoms with Gasteiger partial charge in [0.1, 0.15) is 0 Å². The third kappa shape index (κ3) is 3.80. The Bertz CT molecular complexity index is 423. The number of carbonyl (C=O) groups excluding carboxylic acids is 1. The Hall–Kier alpha value is -1.36. The maximum atomic E-state index is 12.2. The van der Waals surface area contributed by atoms with Crippen LogP contribution in [0.2, 0.25) is 0 Å². The molecule has 0 saturated carbocycles. The van der Waals surface area contributed by atoms with E-state index in [0.717, 1.165) is 24.3 Å². The Kier molecular flexibility index (Phi) is 5.54. The number of aromatic nitrogens is 2. The highest BCUT2D eigenvalue weighted by Gasteiger charge is 2.21. The summed E-state index contributed by atoms with van der Waals surface area (Å²) in [6.07, 6.45) is 2.00. The number of nitrogens with one attached hydrogen (secondary N) is 1. The molecule has 5 heteroatoms. The fraction of sp³-hybridized carbons (Fsp3) is 0.714. The molecule has 1 amide bonds. The highest BCUT2D eigenvalue weighted by atomic mass is 16.2. The minimum absolute atomic E-state index is 0.114. The van der Waals surface area contributed by atoms with Crippen molar-refractivity contribution in [2.75, 3.05) is 13.1 Å². The normalized spacial score (nSPS) is 14.2. The second-order valence-corrected chi connectivity index (χ2v) is 4.96. The van der Waals surface area contributed by atoms with Crippen LogP contribution in [0.1, 0.15) is 45.0 Å². The standard InChI is InChI=1S/C14H26N4O/c1-7-18(8-2)14(19)12(5)15-10(3)13-9-17(6)16-11(13)4/h9-10,12,15H,7-8H2,1-6H3. The lowest BCUT2D eigenvalue weighted by Gasteiger charge is -2.25. The molecule has 0 spiro atoms. The summed E-state index contributed by atoms with van der Waals surface area (Å²) in [5.41, 5.74) is 2.15. The van der Waals surface area contributed by atoms with Gasteiger partial charge in [-0.1, -0.05) is 0 Å². The van der Waals surface area contributed by atoms with Crippen LogP contribution in [0.3, 0.4) is 0 Å². The van der Waals surface area contributed by atoms with Gasteiger partial charge in [-0.15, -0.1) is 0 Å². The molecule has 0 aliphatic rings. The summed E-state index contributed by atoms with van der Waals surface area (Å²) in [5.74, 6) is 0.151. The zero-order chi connectivity index (χ0) is 14.6. The van der Waals surface area contributed by atoms with Gasteiger partial charge in [0.15, 0.2) is 0 Å². The third-order valence-corrected chi connectivity index (χ3v) is 3.46. The summed E-state index contributed by atoms with van der Waals surface area (Å²) in [6, 6.07) is -0.0716. The van der Waals surface area contributed by atoms with Crippen molar-refractivity contribution in [1.29, 1.82) is 0 Å². The maximum absolute atomic E-state index is 12.2. The summed E-state index contributed by atoms with van der Waals surface area (Å²) >= 11 is 0. The predicted octanol–water partition coefficient (Wildman–Crippen LogP) is 1.64. The molecule has 0 aliphatic heterocycles. The van der Waals surface area contributed by atoms with Crippen LogP contribution in [-0.2, 0) is 11.8 Å². The van der Waals surface area contributed by atoms with Crippen LogP contribution in [0.15, 0.2) is 6.20 Å². The molecular weight excluding hydrogens is 240 g/mol. The quantitative estimate of drug-likeness (QED) is 0.851. The molecule has 0 aliphatic carbocycles. The van der Waals surface area contributed by atoms with Crippen molar-refractivity contribution >= 4 is 5.91 Å². The van der Waals surface area contributed by atoms with Gasteiger partial charge in [-0.05, 0) is 34.6 Å². The lowest BCUT2D eigenvalue weighted by atomic mass is 10.1. The van der Waals surface area contributed by atoms with Crippen LogP contribution in [0.5, 0.6) is 0 Å². The number of likely N-dealkylation sites (N-methyl/N-ethyl adjacent to an activating group) is 1. The molecule has 1 N–H and O–H groups in total. The van der Waals surface area contributed by atoms with E-state index in [1.807, 2.05) is 45.8 Å². The Balaban J connectivity index is 2.68. The number of hydrogen-bond acceptors (Lipinski definition) is 3. The molecule has 5 nitrogen and oxygen atoms in total. The van der Waals surface area contributed by atoms with Crippen molar-refractivity contribution < 1.29 is 4.79 Å². The van der Waals surface area contributed by atoms with Crippen LogP contribution in [0.4, 0.5) is 0 Å². The van der Waals surface area contributed by atoms with Crippen LogP contribution in [0.25, 0.3) is 0 Å². The van der Waals surface area contributed by atoms with Crippen LogP contribution in [-0.4, -0.2) is 39.7 Å². The van der Waals surface area contributed by atoms with Gasteiger partial charge in [0.25, 0.3) is 0 Å². The van der Waals surface area contributed by atoms with Crippen molar-refractivity contribution in [2.45, 2.75) is 46.7 Å². The molecule has 1 aromatic rings. The summed E-state index contributed by atoms with van der Waals surface area (Å²) in [4.78, 5) is 14.1. The summed E-state index contributed by atoms with van der Waals surface area (Å²) in [7, 11) is 1.91. The van der Waals surface area contributed by atoms with E-state index < -0.39 is 0 Å². The van der Waals surface area contributed by atoms with Crippen LogP contribution >= 0.6 is 0 Å². The molecule has 0 radical (unpaired) electrons. The predicted molar refractivity (Wildman–Crippen MR) is 76.9 cm³/mol. The molecule has 2 unspecified atom stereocenters. The van der Waals surface area contributed by atoms with E-state index >= 15 is 0 Å². The van der Waals surface area contributed by atoms with Crippen molar-refractivity contribution in [3.63, 3.8) is 0 Å². The number of amides is 1. The van der Waals surface area contributed by atoms with Crippen molar-refractivity contribution in [3.05, 3.63) is 17.5 Å². The monoisotopic (exact) mass is 266 g/mol. The third-order valence-electron chi connectivity index (χ3n) is 3.46. The molecule has 2 atom stereocenters. The molecule has 0 aromatic carbocycles. The zero-order valence-corrected chi connectivity index (χ0v) is 12.9. The molecule has 108 valence electrons. The largest absolute Gasteiger partial charge is 0.342 e. The van der Waals surface area contributed by atoms with Gasteiger partial charge in [-0.2, -0.15) is 5.10 Å². The van der Waals surface area contributed by atoms with E-state index in [2.05, 4.69) is 17.3 Å². The lowest BCUT2D eigenvalue weighted by Crippen LogP contribution is -2.45. The highest BCUT2D eigenvalue weighted by molar-refractivity contribution is 5.81. The average Bonchev–Trinajstić information content (AvgIpc) is 2.69.